The van der Waals surface area contributed by atoms with Crippen molar-refractivity contribution in [1.29, 1.82) is 0 Å². The second kappa shape index (κ2) is 8.00. The third-order valence-corrected chi connectivity index (χ3v) is 4.84. The Bertz CT molecular complexity index is 603. The summed E-state index contributed by atoms with van der Waals surface area (Å²) in [5.41, 5.74) is 2.19. The second-order valence-electron chi connectivity index (χ2n) is 4.45. The highest BCUT2D eigenvalue weighted by Gasteiger charge is 2.01. The molecule has 1 N–H and O–H groups in total. The van der Waals surface area contributed by atoms with Crippen molar-refractivity contribution in [3.05, 3.63) is 62.3 Å². The number of amides is 1. The van der Waals surface area contributed by atoms with Gasteiger partial charge in [0.1, 0.15) is 6.61 Å². The van der Waals surface area contributed by atoms with Crippen molar-refractivity contribution in [2.45, 2.75) is 13.5 Å². The molecule has 2 aromatic rings. The Morgan fingerprint density at radius 1 is 1.38 bits per heavy atom. The van der Waals surface area contributed by atoms with Crippen LogP contribution >= 0.6 is 27.3 Å². The average Bonchev–Trinajstić information content (AvgIpc) is 2.81. The van der Waals surface area contributed by atoms with Crippen LogP contribution in [0.2, 0.25) is 0 Å². The van der Waals surface area contributed by atoms with Crippen LogP contribution in [0.15, 0.2) is 46.3 Å². The van der Waals surface area contributed by atoms with Gasteiger partial charge in [0.2, 0.25) is 0 Å². The van der Waals surface area contributed by atoms with Gasteiger partial charge in [-0.25, -0.2) is 4.79 Å². The van der Waals surface area contributed by atoms with Crippen LogP contribution in [0.4, 0.5) is 4.79 Å². The zero-order chi connectivity index (χ0) is 15.1. The first-order chi connectivity index (χ1) is 10.1. The van der Waals surface area contributed by atoms with Crippen LogP contribution in [0.25, 0.3) is 6.08 Å². The molecule has 0 radical (unpaired) electrons. The molecule has 0 unspecified atom stereocenters. The van der Waals surface area contributed by atoms with Gasteiger partial charge in [-0.1, -0.05) is 36.4 Å². The zero-order valence-electron chi connectivity index (χ0n) is 11.6. The van der Waals surface area contributed by atoms with Crippen molar-refractivity contribution in [2.24, 2.45) is 0 Å². The van der Waals surface area contributed by atoms with E-state index < -0.39 is 6.09 Å². The molecule has 0 atom stereocenters. The van der Waals surface area contributed by atoms with Crippen molar-refractivity contribution in [3.63, 3.8) is 0 Å². The van der Waals surface area contributed by atoms with Gasteiger partial charge in [-0.3, -0.25) is 0 Å². The highest BCUT2D eigenvalue weighted by molar-refractivity contribution is 9.11. The van der Waals surface area contributed by atoms with E-state index >= 15 is 0 Å². The monoisotopic (exact) mass is 365 g/mol. The minimum absolute atomic E-state index is 0.285. The summed E-state index contributed by atoms with van der Waals surface area (Å²) >= 11 is 5.15. The molecule has 0 aliphatic carbocycles. The fraction of sp³-hybridized carbons (Fsp3) is 0.188. The van der Waals surface area contributed by atoms with Crippen LogP contribution in [0.3, 0.4) is 0 Å². The average molecular weight is 366 g/mol. The first kappa shape index (κ1) is 15.8. The van der Waals surface area contributed by atoms with Crippen LogP contribution in [0.1, 0.15) is 16.0 Å². The Balaban J connectivity index is 1.69. The molecule has 21 heavy (non-hydrogen) atoms. The molecule has 0 saturated carbocycles. The number of benzene rings is 1. The van der Waals surface area contributed by atoms with Gasteiger partial charge < -0.3 is 10.1 Å². The van der Waals surface area contributed by atoms with Crippen LogP contribution in [-0.4, -0.2) is 12.6 Å². The number of aryl methyl sites for hydroxylation is 1. The molecule has 1 amide bonds. The van der Waals surface area contributed by atoms with Crippen LogP contribution in [0.5, 0.6) is 0 Å². The van der Waals surface area contributed by atoms with Gasteiger partial charge in [-0.2, -0.15) is 0 Å². The standard InChI is InChI=1S/C16H16BrNO2S/c1-12-10-14(21-15(12)17)8-5-9-18-16(19)20-11-13-6-3-2-4-7-13/h2-8,10H,9,11H2,1H3,(H,18,19). The van der Waals surface area contributed by atoms with Crippen molar-refractivity contribution in [3.8, 4) is 0 Å². The first-order valence-corrected chi connectivity index (χ1v) is 8.13. The molecular weight excluding hydrogens is 350 g/mol. The van der Waals surface area contributed by atoms with Gasteiger partial charge in [0.05, 0.1) is 3.79 Å². The van der Waals surface area contributed by atoms with E-state index in [-0.39, 0.29) is 6.61 Å². The predicted octanol–water partition coefficient (Wildman–Crippen LogP) is 4.76. The number of nitrogens with one attached hydrogen (secondary N) is 1. The van der Waals surface area contributed by atoms with Crippen molar-refractivity contribution >= 4 is 39.4 Å². The topological polar surface area (TPSA) is 38.3 Å². The molecule has 0 bridgehead atoms. The zero-order valence-corrected chi connectivity index (χ0v) is 14.0. The number of rotatable bonds is 5. The number of halogens is 1. The molecule has 1 aromatic carbocycles. The molecule has 0 aliphatic heterocycles. The number of hydrogen-bond acceptors (Lipinski definition) is 3. The summed E-state index contributed by atoms with van der Waals surface area (Å²) < 4.78 is 6.25. The van der Waals surface area contributed by atoms with Crippen LogP contribution in [-0.2, 0) is 11.3 Å². The maximum Gasteiger partial charge on any atom is 0.407 e. The molecule has 0 spiro atoms. The lowest BCUT2D eigenvalue weighted by Crippen LogP contribution is -2.24. The molecule has 1 aromatic heterocycles. The maximum absolute atomic E-state index is 11.5. The smallest absolute Gasteiger partial charge is 0.407 e. The number of thiophene rings is 1. The van der Waals surface area contributed by atoms with Gasteiger partial charge >= 0.3 is 6.09 Å². The molecule has 3 nitrogen and oxygen atoms in total. The van der Waals surface area contributed by atoms with Gasteiger partial charge in [-0.15, -0.1) is 11.3 Å². The van der Waals surface area contributed by atoms with E-state index in [1.54, 1.807) is 11.3 Å². The highest BCUT2D eigenvalue weighted by Crippen LogP contribution is 2.27. The molecular formula is C16H16BrNO2S. The van der Waals surface area contributed by atoms with Crippen LogP contribution < -0.4 is 5.32 Å². The summed E-state index contributed by atoms with van der Waals surface area (Å²) in [4.78, 5) is 12.7. The largest absolute Gasteiger partial charge is 0.445 e. The molecule has 2 rings (SSSR count). The lowest BCUT2D eigenvalue weighted by molar-refractivity contribution is 0.141. The summed E-state index contributed by atoms with van der Waals surface area (Å²) in [6, 6.07) is 11.7. The number of ether oxygens (including phenoxy) is 1. The molecule has 0 aliphatic rings. The van der Waals surface area contributed by atoms with Gasteiger partial charge in [0.25, 0.3) is 0 Å². The van der Waals surface area contributed by atoms with E-state index in [1.165, 1.54) is 5.56 Å². The fourth-order valence-electron chi connectivity index (χ4n) is 1.66. The molecule has 0 saturated heterocycles. The number of hydrogen-bond donors (Lipinski definition) is 1. The van der Waals surface area contributed by atoms with Gasteiger partial charge in [0.15, 0.2) is 0 Å². The number of alkyl carbamates (subject to hydrolysis) is 1. The first-order valence-electron chi connectivity index (χ1n) is 6.52. The van der Waals surface area contributed by atoms with E-state index in [0.717, 1.165) is 14.2 Å². The summed E-state index contributed by atoms with van der Waals surface area (Å²) in [7, 11) is 0. The quantitative estimate of drug-likeness (QED) is 0.829. The third kappa shape index (κ3) is 5.36. The number of carbonyl (C=O) groups is 1. The SMILES string of the molecule is Cc1cc(C=CCNC(=O)OCc2ccccc2)sc1Br. The van der Waals surface area contributed by atoms with E-state index in [1.807, 2.05) is 42.5 Å². The fourth-order valence-corrected chi connectivity index (χ4v) is 3.16. The summed E-state index contributed by atoms with van der Waals surface area (Å²) in [5.74, 6) is 0. The molecule has 5 heteroatoms. The lowest BCUT2D eigenvalue weighted by atomic mass is 10.2. The van der Waals surface area contributed by atoms with Crippen molar-refractivity contribution in [1.82, 2.24) is 5.32 Å². The Morgan fingerprint density at radius 3 is 2.81 bits per heavy atom. The minimum atomic E-state index is -0.410. The van der Waals surface area contributed by atoms with Crippen LogP contribution in [0, 0.1) is 6.92 Å². The van der Waals surface area contributed by atoms with Gasteiger partial charge in [0, 0.05) is 11.4 Å². The Morgan fingerprint density at radius 2 is 2.14 bits per heavy atom. The number of carbonyl (C=O) groups excluding carboxylic acids is 1. The third-order valence-electron chi connectivity index (χ3n) is 2.74. The molecule has 110 valence electrons. The van der Waals surface area contributed by atoms with Crippen molar-refractivity contribution in [2.75, 3.05) is 6.54 Å². The Kier molecular flexibility index (Phi) is 6.02. The Hall–Kier alpha value is -1.59. The maximum atomic E-state index is 11.5. The summed E-state index contributed by atoms with van der Waals surface area (Å²) in [6.07, 6.45) is 3.48. The van der Waals surface area contributed by atoms with Crippen molar-refractivity contribution < 1.29 is 9.53 Å². The van der Waals surface area contributed by atoms with E-state index in [9.17, 15) is 4.79 Å². The highest BCUT2D eigenvalue weighted by atomic mass is 79.9. The van der Waals surface area contributed by atoms with E-state index in [2.05, 4.69) is 34.2 Å². The van der Waals surface area contributed by atoms with E-state index in [4.69, 9.17) is 4.74 Å². The summed E-state index contributed by atoms with van der Waals surface area (Å²) in [5, 5.41) is 2.69. The normalized spacial score (nSPS) is 10.8. The minimum Gasteiger partial charge on any atom is -0.445 e. The second-order valence-corrected chi connectivity index (χ2v) is 6.85. The lowest BCUT2D eigenvalue weighted by Gasteiger charge is -2.04. The molecule has 1 heterocycles. The Labute approximate surface area is 136 Å². The molecule has 0 fully saturated rings. The van der Waals surface area contributed by atoms with Gasteiger partial charge in [-0.05, 0) is 46.1 Å². The predicted molar refractivity (Wildman–Crippen MR) is 90.4 cm³/mol. The summed E-state index contributed by atoms with van der Waals surface area (Å²) in [6.45, 7) is 2.78. The van der Waals surface area contributed by atoms with E-state index in [0.29, 0.717) is 6.54 Å².